The average Bonchev–Trinajstić information content (AvgIpc) is 2.81. The summed E-state index contributed by atoms with van der Waals surface area (Å²) in [6.45, 7) is 5.30. The van der Waals surface area contributed by atoms with E-state index in [0.717, 1.165) is 39.8 Å². The minimum atomic E-state index is -0.278. The Morgan fingerprint density at radius 2 is 1.62 bits per heavy atom. The summed E-state index contributed by atoms with van der Waals surface area (Å²) in [6, 6.07) is 21.6. The van der Waals surface area contributed by atoms with Gasteiger partial charge in [-0.2, -0.15) is 0 Å². The van der Waals surface area contributed by atoms with E-state index >= 15 is 0 Å². The van der Waals surface area contributed by atoms with E-state index in [1.807, 2.05) is 73.7 Å². The molecule has 0 aliphatic rings. The molecule has 0 bridgehead atoms. The highest BCUT2D eigenvalue weighted by molar-refractivity contribution is 9.10. The Kier molecular flexibility index (Phi) is 9.17. The molecule has 0 spiro atoms. The van der Waals surface area contributed by atoms with Crippen molar-refractivity contribution >= 4 is 21.9 Å². The third-order valence-corrected chi connectivity index (χ3v) is 5.56. The largest absolute Gasteiger partial charge is 0.490 e. The Labute approximate surface area is 198 Å². The molecule has 0 saturated heterocycles. The standard InChI is InChI=1S/C27H29BrO4/c1-3-5-17-31-25-14-11-20(18-26(25)30-4-2)12-16-27(29)32-24-15-13-22(19-23(24)28)21-9-7-6-8-10-21/h6-11,13-15,18-19H,3-5,12,16-17H2,1-2H3. The number of unbranched alkanes of at least 4 members (excludes halogenated alkanes) is 1. The second-order valence-electron chi connectivity index (χ2n) is 7.40. The Morgan fingerprint density at radius 3 is 2.34 bits per heavy atom. The van der Waals surface area contributed by atoms with Gasteiger partial charge in [0.2, 0.25) is 0 Å². The minimum Gasteiger partial charge on any atom is -0.490 e. The third kappa shape index (κ3) is 6.86. The van der Waals surface area contributed by atoms with Gasteiger partial charge in [0.15, 0.2) is 11.5 Å². The number of halogens is 1. The first kappa shape index (κ1) is 23.9. The summed E-state index contributed by atoms with van der Waals surface area (Å²) >= 11 is 3.52. The van der Waals surface area contributed by atoms with Gasteiger partial charge in [-0.05, 0) is 76.7 Å². The normalized spacial score (nSPS) is 10.6. The van der Waals surface area contributed by atoms with E-state index in [4.69, 9.17) is 14.2 Å². The zero-order valence-electron chi connectivity index (χ0n) is 18.6. The Bertz CT molecular complexity index is 1020. The molecule has 0 aliphatic carbocycles. The van der Waals surface area contributed by atoms with Crippen molar-refractivity contribution in [3.8, 4) is 28.4 Å². The van der Waals surface area contributed by atoms with E-state index in [2.05, 4.69) is 22.9 Å². The molecule has 168 valence electrons. The first-order chi connectivity index (χ1) is 15.6. The monoisotopic (exact) mass is 496 g/mol. The fraction of sp³-hybridized carbons (Fsp3) is 0.296. The predicted octanol–water partition coefficient (Wildman–Crippen LogP) is 7.23. The van der Waals surface area contributed by atoms with E-state index in [1.165, 1.54) is 0 Å². The lowest BCUT2D eigenvalue weighted by molar-refractivity contribution is -0.134. The fourth-order valence-corrected chi connectivity index (χ4v) is 3.70. The SMILES string of the molecule is CCCCOc1ccc(CCC(=O)Oc2ccc(-c3ccccc3)cc2Br)cc1OCC. The molecule has 3 rings (SSSR count). The van der Waals surface area contributed by atoms with E-state index in [-0.39, 0.29) is 12.4 Å². The lowest BCUT2D eigenvalue weighted by Gasteiger charge is -2.13. The molecular formula is C27H29BrO4. The Hall–Kier alpha value is -2.79. The summed E-state index contributed by atoms with van der Waals surface area (Å²) in [5.41, 5.74) is 3.17. The van der Waals surface area contributed by atoms with Gasteiger partial charge >= 0.3 is 5.97 Å². The van der Waals surface area contributed by atoms with Crippen molar-refractivity contribution in [2.45, 2.75) is 39.5 Å². The third-order valence-electron chi connectivity index (χ3n) is 4.94. The van der Waals surface area contributed by atoms with E-state index < -0.39 is 0 Å². The number of carbonyl (C=O) groups excluding carboxylic acids is 1. The Balaban J connectivity index is 1.59. The molecule has 5 heteroatoms. The molecule has 0 amide bonds. The zero-order chi connectivity index (χ0) is 22.8. The summed E-state index contributed by atoms with van der Waals surface area (Å²) in [5.74, 6) is 1.70. The molecule has 0 radical (unpaired) electrons. The van der Waals surface area contributed by atoms with Gasteiger partial charge in [0, 0.05) is 6.42 Å². The maximum absolute atomic E-state index is 12.4. The number of hydrogen-bond donors (Lipinski definition) is 0. The van der Waals surface area contributed by atoms with Crippen LogP contribution in [-0.4, -0.2) is 19.2 Å². The molecule has 0 N–H and O–H groups in total. The highest BCUT2D eigenvalue weighted by Gasteiger charge is 2.12. The van der Waals surface area contributed by atoms with Crippen molar-refractivity contribution in [1.82, 2.24) is 0 Å². The lowest BCUT2D eigenvalue weighted by atomic mass is 10.1. The summed E-state index contributed by atoms with van der Waals surface area (Å²) in [5, 5.41) is 0. The van der Waals surface area contributed by atoms with Gasteiger partial charge in [-0.1, -0.05) is 55.8 Å². The van der Waals surface area contributed by atoms with Crippen molar-refractivity contribution in [2.24, 2.45) is 0 Å². The lowest BCUT2D eigenvalue weighted by Crippen LogP contribution is -2.09. The predicted molar refractivity (Wildman–Crippen MR) is 132 cm³/mol. The molecule has 3 aromatic carbocycles. The molecule has 0 aliphatic heterocycles. The number of hydrogen-bond acceptors (Lipinski definition) is 4. The van der Waals surface area contributed by atoms with Crippen LogP contribution in [0.15, 0.2) is 71.2 Å². The van der Waals surface area contributed by atoms with Gasteiger partial charge in [0.05, 0.1) is 17.7 Å². The van der Waals surface area contributed by atoms with Gasteiger partial charge in [0.25, 0.3) is 0 Å². The number of esters is 1. The number of benzene rings is 3. The molecule has 0 atom stereocenters. The summed E-state index contributed by atoms with van der Waals surface area (Å²) < 4.78 is 17.9. The highest BCUT2D eigenvalue weighted by atomic mass is 79.9. The number of aryl methyl sites for hydroxylation is 1. The van der Waals surface area contributed by atoms with Gasteiger partial charge in [-0.3, -0.25) is 4.79 Å². The number of ether oxygens (including phenoxy) is 3. The number of rotatable bonds is 11. The van der Waals surface area contributed by atoms with Gasteiger partial charge in [-0.25, -0.2) is 0 Å². The first-order valence-corrected chi connectivity index (χ1v) is 11.8. The quantitative estimate of drug-likeness (QED) is 0.159. The van der Waals surface area contributed by atoms with Crippen LogP contribution < -0.4 is 14.2 Å². The maximum Gasteiger partial charge on any atom is 0.311 e. The maximum atomic E-state index is 12.4. The second kappa shape index (κ2) is 12.3. The molecule has 3 aromatic rings. The molecule has 32 heavy (non-hydrogen) atoms. The van der Waals surface area contributed by atoms with Crippen molar-refractivity contribution in [3.05, 3.63) is 76.8 Å². The van der Waals surface area contributed by atoms with Gasteiger partial charge in [-0.15, -0.1) is 0 Å². The zero-order valence-corrected chi connectivity index (χ0v) is 20.2. The summed E-state index contributed by atoms with van der Waals surface area (Å²) in [6.07, 6.45) is 2.92. The smallest absolute Gasteiger partial charge is 0.311 e. The van der Waals surface area contributed by atoms with Crippen LogP contribution in [0.4, 0.5) is 0 Å². The average molecular weight is 497 g/mol. The molecule has 4 nitrogen and oxygen atoms in total. The van der Waals surface area contributed by atoms with Crippen LogP contribution in [0.5, 0.6) is 17.2 Å². The van der Waals surface area contributed by atoms with Crippen LogP contribution in [0.2, 0.25) is 0 Å². The van der Waals surface area contributed by atoms with Gasteiger partial charge < -0.3 is 14.2 Å². The number of carbonyl (C=O) groups is 1. The van der Waals surface area contributed by atoms with Crippen LogP contribution in [0.3, 0.4) is 0 Å². The van der Waals surface area contributed by atoms with Crippen molar-refractivity contribution in [1.29, 1.82) is 0 Å². The van der Waals surface area contributed by atoms with Gasteiger partial charge in [0.1, 0.15) is 5.75 Å². The molecule has 0 saturated carbocycles. The highest BCUT2D eigenvalue weighted by Crippen LogP contribution is 2.32. The molecule has 0 fully saturated rings. The van der Waals surface area contributed by atoms with E-state index in [1.54, 1.807) is 0 Å². The molecule has 0 aromatic heterocycles. The van der Waals surface area contributed by atoms with Crippen molar-refractivity contribution < 1.29 is 19.0 Å². The minimum absolute atomic E-state index is 0.272. The van der Waals surface area contributed by atoms with Crippen LogP contribution in [0, 0.1) is 0 Å². The van der Waals surface area contributed by atoms with E-state index in [0.29, 0.717) is 31.1 Å². The fourth-order valence-electron chi connectivity index (χ4n) is 3.24. The van der Waals surface area contributed by atoms with E-state index in [9.17, 15) is 4.79 Å². The molecule has 0 unspecified atom stereocenters. The summed E-state index contributed by atoms with van der Waals surface area (Å²) in [7, 11) is 0. The summed E-state index contributed by atoms with van der Waals surface area (Å²) in [4.78, 5) is 12.4. The van der Waals surface area contributed by atoms with Crippen LogP contribution in [-0.2, 0) is 11.2 Å². The van der Waals surface area contributed by atoms with Crippen molar-refractivity contribution in [2.75, 3.05) is 13.2 Å². The van der Waals surface area contributed by atoms with Crippen LogP contribution in [0.25, 0.3) is 11.1 Å². The Morgan fingerprint density at radius 1 is 0.844 bits per heavy atom. The topological polar surface area (TPSA) is 44.8 Å². The van der Waals surface area contributed by atoms with Crippen molar-refractivity contribution in [3.63, 3.8) is 0 Å². The van der Waals surface area contributed by atoms with Crippen LogP contribution in [0.1, 0.15) is 38.7 Å². The molecule has 0 heterocycles. The second-order valence-corrected chi connectivity index (χ2v) is 8.26. The van der Waals surface area contributed by atoms with Crippen LogP contribution >= 0.6 is 15.9 Å². The first-order valence-electron chi connectivity index (χ1n) is 11.0. The molecular weight excluding hydrogens is 468 g/mol.